The molecule has 9 nitrogen and oxygen atoms in total. The number of fused-ring (bicyclic) bond motifs is 1. The normalized spacial score (nSPS) is 20.9. The van der Waals surface area contributed by atoms with Crippen LogP contribution in [0.3, 0.4) is 0 Å². The van der Waals surface area contributed by atoms with Crippen molar-refractivity contribution in [1.29, 1.82) is 0 Å². The molecular weight excluding hydrogens is 454 g/mol. The summed E-state index contributed by atoms with van der Waals surface area (Å²) >= 11 is 0. The van der Waals surface area contributed by atoms with E-state index in [0.717, 1.165) is 31.6 Å². The Bertz CT molecular complexity index is 1270. The van der Waals surface area contributed by atoms with Gasteiger partial charge < -0.3 is 20.9 Å². The number of carbonyl (C=O) groups excluding carboxylic acids is 1. The van der Waals surface area contributed by atoms with E-state index in [2.05, 4.69) is 25.3 Å². The number of nitrogens with two attached hydrogens (primary N) is 1. The lowest BCUT2D eigenvalue weighted by Gasteiger charge is -2.35. The summed E-state index contributed by atoms with van der Waals surface area (Å²) in [6, 6.07) is 6.94. The highest BCUT2D eigenvalue weighted by Gasteiger charge is 2.44. The molecular formula is C24H28F2N8O. The zero-order valence-corrected chi connectivity index (χ0v) is 19.4. The first-order valence-electron chi connectivity index (χ1n) is 12.1. The Hall–Kier alpha value is -3.50. The summed E-state index contributed by atoms with van der Waals surface area (Å²) < 4.78 is 28.9. The van der Waals surface area contributed by atoms with E-state index in [0.29, 0.717) is 34.1 Å². The van der Waals surface area contributed by atoms with E-state index >= 15 is 0 Å². The zero-order chi connectivity index (χ0) is 24.2. The quantitative estimate of drug-likeness (QED) is 0.548. The topological polar surface area (TPSA) is 105 Å². The standard InChI is InChI=1S/C24H28F2N8O/c25-24(26)7-11-33(12-8-24)22-31-19(14-20-28-15-29-34(20)22)30-21(35)17-2-1-16(27)13-18(17)32-9-5-23(3-4-23)6-10-32/h1-2,13-15H,3-12,27H2,(H,30,35). The van der Waals surface area contributed by atoms with Gasteiger partial charge in [-0.25, -0.2) is 13.8 Å². The smallest absolute Gasteiger partial charge is 0.258 e. The number of benzene rings is 1. The largest absolute Gasteiger partial charge is 0.399 e. The van der Waals surface area contributed by atoms with E-state index < -0.39 is 5.92 Å². The van der Waals surface area contributed by atoms with E-state index in [1.807, 2.05) is 6.07 Å². The van der Waals surface area contributed by atoms with Crippen molar-refractivity contribution in [2.75, 3.05) is 47.0 Å². The van der Waals surface area contributed by atoms with Gasteiger partial charge in [0.25, 0.3) is 11.8 Å². The second-order valence-electron chi connectivity index (χ2n) is 10.0. The molecule has 1 amide bonds. The number of amides is 1. The fourth-order valence-electron chi connectivity index (χ4n) is 5.20. The third-order valence-corrected chi connectivity index (χ3v) is 7.66. The van der Waals surface area contributed by atoms with Gasteiger partial charge in [-0.1, -0.05) is 0 Å². The molecule has 0 radical (unpaired) electrons. The third kappa shape index (κ3) is 4.23. The molecule has 6 rings (SSSR count). The van der Waals surface area contributed by atoms with Gasteiger partial charge in [-0.2, -0.15) is 14.6 Å². The fourth-order valence-corrected chi connectivity index (χ4v) is 5.20. The fraction of sp³-hybridized carbons (Fsp3) is 0.500. The second-order valence-corrected chi connectivity index (χ2v) is 10.0. The number of aromatic nitrogens is 4. The summed E-state index contributed by atoms with van der Waals surface area (Å²) in [5.74, 6) is -2.31. The molecule has 1 aromatic carbocycles. The molecule has 3 aliphatic rings. The number of nitrogens with one attached hydrogen (secondary N) is 1. The minimum absolute atomic E-state index is 0.144. The molecule has 1 aliphatic carbocycles. The number of nitrogens with zero attached hydrogens (tertiary/aromatic N) is 6. The number of hydrogen-bond donors (Lipinski definition) is 2. The van der Waals surface area contributed by atoms with E-state index in [1.54, 1.807) is 23.1 Å². The third-order valence-electron chi connectivity index (χ3n) is 7.66. The van der Waals surface area contributed by atoms with Crippen molar-refractivity contribution >= 4 is 34.7 Å². The molecule has 0 unspecified atom stereocenters. The van der Waals surface area contributed by atoms with Crippen LogP contribution in [-0.4, -0.2) is 57.6 Å². The Balaban J connectivity index is 1.27. The van der Waals surface area contributed by atoms with Crippen LogP contribution in [0.1, 0.15) is 48.9 Å². The van der Waals surface area contributed by atoms with Crippen molar-refractivity contribution < 1.29 is 13.6 Å². The van der Waals surface area contributed by atoms with E-state index in [-0.39, 0.29) is 31.8 Å². The molecule has 1 spiro atoms. The van der Waals surface area contributed by atoms with Crippen molar-refractivity contribution in [1.82, 2.24) is 19.6 Å². The molecule has 35 heavy (non-hydrogen) atoms. The van der Waals surface area contributed by atoms with Crippen LogP contribution in [0.15, 0.2) is 30.6 Å². The van der Waals surface area contributed by atoms with Crippen molar-refractivity contribution in [3.8, 4) is 0 Å². The summed E-state index contributed by atoms with van der Waals surface area (Å²) in [4.78, 5) is 26.2. The number of piperidine rings is 2. The second kappa shape index (κ2) is 8.03. The van der Waals surface area contributed by atoms with Gasteiger partial charge in [-0.3, -0.25) is 4.79 Å². The van der Waals surface area contributed by atoms with Gasteiger partial charge in [-0.15, -0.1) is 0 Å². The summed E-state index contributed by atoms with van der Waals surface area (Å²) in [5, 5.41) is 7.08. The molecule has 2 saturated heterocycles. The lowest BCUT2D eigenvalue weighted by atomic mass is 9.93. The van der Waals surface area contributed by atoms with Gasteiger partial charge in [0.05, 0.1) is 11.3 Å². The lowest BCUT2D eigenvalue weighted by Crippen LogP contribution is -2.40. The molecule has 0 atom stereocenters. The van der Waals surface area contributed by atoms with Crippen molar-refractivity contribution in [3.63, 3.8) is 0 Å². The van der Waals surface area contributed by atoms with Gasteiger partial charge in [0.2, 0.25) is 5.95 Å². The molecule has 11 heteroatoms. The lowest BCUT2D eigenvalue weighted by molar-refractivity contribution is -0.0223. The van der Waals surface area contributed by atoms with Crippen LogP contribution < -0.4 is 20.9 Å². The van der Waals surface area contributed by atoms with E-state index in [4.69, 9.17) is 5.73 Å². The maximum absolute atomic E-state index is 13.7. The van der Waals surface area contributed by atoms with E-state index in [1.165, 1.54) is 23.7 Å². The number of carbonyl (C=O) groups is 1. The number of rotatable bonds is 4. The van der Waals surface area contributed by atoms with Gasteiger partial charge in [0.15, 0.2) is 5.65 Å². The molecule has 2 aromatic heterocycles. The maximum atomic E-state index is 13.7. The number of anilines is 4. The first-order valence-corrected chi connectivity index (χ1v) is 12.1. The maximum Gasteiger partial charge on any atom is 0.258 e. The Morgan fingerprint density at radius 2 is 1.69 bits per heavy atom. The molecule has 3 aromatic rings. The van der Waals surface area contributed by atoms with Crippen LogP contribution in [0.5, 0.6) is 0 Å². The molecule has 3 N–H and O–H groups in total. The van der Waals surface area contributed by atoms with Crippen LogP contribution in [-0.2, 0) is 0 Å². The van der Waals surface area contributed by atoms with Crippen LogP contribution in [0.4, 0.5) is 31.9 Å². The monoisotopic (exact) mass is 482 g/mol. The molecule has 184 valence electrons. The summed E-state index contributed by atoms with van der Waals surface area (Å²) in [6.45, 7) is 2.09. The number of hydrogen-bond acceptors (Lipinski definition) is 7. The van der Waals surface area contributed by atoms with Gasteiger partial charge >= 0.3 is 0 Å². The highest BCUT2D eigenvalue weighted by atomic mass is 19.3. The average molecular weight is 483 g/mol. The number of nitrogen functional groups attached to an aromatic ring is 1. The minimum atomic E-state index is -2.68. The highest BCUT2D eigenvalue weighted by Crippen LogP contribution is 2.54. The van der Waals surface area contributed by atoms with Crippen LogP contribution in [0, 0.1) is 5.41 Å². The van der Waals surface area contributed by atoms with Crippen molar-refractivity contribution in [2.24, 2.45) is 5.41 Å². The number of alkyl halides is 2. The van der Waals surface area contributed by atoms with Gasteiger partial charge in [0, 0.05) is 50.8 Å². The summed E-state index contributed by atoms with van der Waals surface area (Å²) in [7, 11) is 0. The van der Waals surface area contributed by atoms with Crippen LogP contribution in [0.2, 0.25) is 0 Å². The molecule has 2 aliphatic heterocycles. The average Bonchev–Trinajstić information content (AvgIpc) is 3.41. The number of halogens is 2. The predicted octanol–water partition coefficient (Wildman–Crippen LogP) is 3.57. The minimum Gasteiger partial charge on any atom is -0.399 e. The van der Waals surface area contributed by atoms with Crippen LogP contribution in [0.25, 0.3) is 5.65 Å². The molecule has 0 bridgehead atoms. The molecule has 3 fully saturated rings. The Morgan fingerprint density at radius 1 is 0.971 bits per heavy atom. The molecule has 1 saturated carbocycles. The van der Waals surface area contributed by atoms with Crippen LogP contribution >= 0.6 is 0 Å². The first-order chi connectivity index (χ1) is 16.8. The predicted molar refractivity (Wildman–Crippen MR) is 129 cm³/mol. The Kier molecular flexibility index (Phi) is 5.05. The van der Waals surface area contributed by atoms with Crippen molar-refractivity contribution in [3.05, 3.63) is 36.2 Å². The highest BCUT2D eigenvalue weighted by molar-refractivity contribution is 6.08. The van der Waals surface area contributed by atoms with Crippen molar-refractivity contribution in [2.45, 2.75) is 44.4 Å². The van der Waals surface area contributed by atoms with E-state index in [9.17, 15) is 13.6 Å². The summed E-state index contributed by atoms with van der Waals surface area (Å²) in [5.41, 5.74) is 9.02. The SMILES string of the molecule is Nc1ccc(C(=O)Nc2cc3ncnn3c(N3CCC(F)(F)CC3)n2)c(N2CCC3(CC2)CC3)c1. The van der Waals surface area contributed by atoms with Gasteiger partial charge in [0.1, 0.15) is 12.1 Å². The van der Waals surface area contributed by atoms with Gasteiger partial charge in [-0.05, 0) is 49.3 Å². The Labute approximate surface area is 201 Å². The summed E-state index contributed by atoms with van der Waals surface area (Å²) in [6.07, 6.45) is 5.74. The Morgan fingerprint density at radius 3 is 2.40 bits per heavy atom. The zero-order valence-electron chi connectivity index (χ0n) is 19.4. The first kappa shape index (κ1) is 22.0. The molecule has 4 heterocycles.